The van der Waals surface area contributed by atoms with Gasteiger partial charge in [-0.2, -0.15) is 0 Å². The van der Waals surface area contributed by atoms with Crippen LogP contribution in [0.5, 0.6) is 0 Å². The average Bonchev–Trinajstić information content (AvgIpc) is 2.79. The van der Waals surface area contributed by atoms with Crippen molar-refractivity contribution in [3.8, 4) is 0 Å². The van der Waals surface area contributed by atoms with Crippen LogP contribution in [-0.2, 0) is 0 Å². The van der Waals surface area contributed by atoms with Crippen LogP contribution in [0.2, 0.25) is 0 Å². The van der Waals surface area contributed by atoms with Crippen molar-refractivity contribution in [1.82, 2.24) is 5.32 Å². The van der Waals surface area contributed by atoms with Crippen molar-refractivity contribution in [3.05, 3.63) is 35.8 Å². The fraction of sp³-hybridized carbons (Fsp3) is 0.400. The van der Waals surface area contributed by atoms with E-state index in [1.165, 1.54) is 6.07 Å². The number of fused-ring (bicyclic) bond motifs is 1. The lowest BCUT2D eigenvalue weighted by Crippen LogP contribution is -2.24. The molecular formula is C15H18FNO2. The normalized spacial score (nSPS) is 11.4. The molecule has 0 spiro atoms. The third kappa shape index (κ3) is 3.41. The van der Waals surface area contributed by atoms with Gasteiger partial charge in [0.1, 0.15) is 0 Å². The molecule has 0 aliphatic rings. The topological polar surface area (TPSA) is 42.2 Å². The molecule has 0 saturated heterocycles. The van der Waals surface area contributed by atoms with Gasteiger partial charge in [-0.05, 0) is 25.1 Å². The van der Waals surface area contributed by atoms with Crippen LogP contribution in [0, 0.1) is 5.82 Å². The molecule has 0 aliphatic heterocycles. The Kier molecular flexibility index (Phi) is 4.32. The van der Waals surface area contributed by atoms with Crippen LogP contribution in [0.25, 0.3) is 11.0 Å². The van der Waals surface area contributed by atoms with Crippen LogP contribution in [0.3, 0.4) is 0 Å². The molecule has 0 amide bonds. The summed E-state index contributed by atoms with van der Waals surface area (Å²) in [6.45, 7) is 4.91. The Labute approximate surface area is 111 Å². The van der Waals surface area contributed by atoms with Gasteiger partial charge >= 0.3 is 0 Å². The van der Waals surface area contributed by atoms with Gasteiger partial charge in [-0.25, -0.2) is 4.39 Å². The zero-order chi connectivity index (χ0) is 13.8. The molecule has 102 valence electrons. The predicted octanol–water partition coefficient (Wildman–Crippen LogP) is 3.53. The van der Waals surface area contributed by atoms with Crippen LogP contribution < -0.4 is 5.32 Å². The van der Waals surface area contributed by atoms with Crippen molar-refractivity contribution < 1.29 is 13.6 Å². The number of hydrogen-bond donors (Lipinski definition) is 1. The summed E-state index contributed by atoms with van der Waals surface area (Å²) in [5.74, 6) is -0.274. The van der Waals surface area contributed by atoms with Gasteiger partial charge < -0.3 is 9.73 Å². The molecular weight excluding hydrogens is 245 g/mol. The van der Waals surface area contributed by atoms with Gasteiger partial charge in [0.05, 0.1) is 0 Å². The zero-order valence-corrected chi connectivity index (χ0v) is 11.2. The summed E-state index contributed by atoms with van der Waals surface area (Å²) in [5.41, 5.74) is 0.158. The molecule has 1 aromatic heterocycles. The first-order chi connectivity index (χ1) is 9.08. The summed E-state index contributed by atoms with van der Waals surface area (Å²) >= 11 is 0. The van der Waals surface area contributed by atoms with Gasteiger partial charge in [0, 0.05) is 17.8 Å². The number of furan rings is 1. The highest BCUT2D eigenvalue weighted by molar-refractivity contribution is 5.97. The van der Waals surface area contributed by atoms with Gasteiger partial charge in [-0.3, -0.25) is 4.79 Å². The van der Waals surface area contributed by atoms with Crippen LogP contribution >= 0.6 is 0 Å². The molecule has 2 aromatic rings. The molecule has 0 radical (unpaired) electrons. The maximum atomic E-state index is 13.4. The van der Waals surface area contributed by atoms with Crippen molar-refractivity contribution >= 4 is 16.8 Å². The highest BCUT2D eigenvalue weighted by atomic mass is 19.1. The van der Waals surface area contributed by atoms with Crippen molar-refractivity contribution in [2.24, 2.45) is 0 Å². The summed E-state index contributed by atoms with van der Waals surface area (Å²) in [5, 5.41) is 3.87. The van der Waals surface area contributed by atoms with E-state index in [2.05, 4.69) is 19.2 Å². The van der Waals surface area contributed by atoms with Gasteiger partial charge in [0.2, 0.25) is 0 Å². The van der Waals surface area contributed by atoms with Gasteiger partial charge in [-0.15, -0.1) is 0 Å². The average molecular weight is 263 g/mol. The van der Waals surface area contributed by atoms with Crippen molar-refractivity contribution in [2.75, 3.05) is 6.54 Å². The Balaban J connectivity index is 2.00. The van der Waals surface area contributed by atoms with Crippen LogP contribution in [0.1, 0.15) is 37.2 Å². The van der Waals surface area contributed by atoms with E-state index in [-0.39, 0.29) is 17.1 Å². The van der Waals surface area contributed by atoms with E-state index in [4.69, 9.17) is 4.42 Å². The molecule has 1 aromatic carbocycles. The minimum Gasteiger partial charge on any atom is -0.450 e. The molecule has 0 bridgehead atoms. The number of Topliss-reactive ketones (excluding diaryl/α,β-unsaturated/α-hetero) is 1. The number of carbonyl (C=O) groups excluding carboxylic acids is 1. The highest BCUT2D eigenvalue weighted by Crippen LogP contribution is 2.23. The van der Waals surface area contributed by atoms with Gasteiger partial charge in [0.25, 0.3) is 0 Å². The van der Waals surface area contributed by atoms with Crippen molar-refractivity contribution in [2.45, 2.75) is 32.7 Å². The number of hydrogen-bond acceptors (Lipinski definition) is 3. The maximum absolute atomic E-state index is 13.4. The van der Waals surface area contributed by atoms with Gasteiger partial charge in [0.15, 0.2) is 22.9 Å². The fourth-order valence-corrected chi connectivity index (χ4v) is 1.93. The number of ketones is 1. The van der Waals surface area contributed by atoms with E-state index < -0.39 is 5.82 Å². The molecule has 1 N–H and O–H groups in total. The lowest BCUT2D eigenvalue weighted by molar-refractivity contribution is 0.0955. The summed E-state index contributed by atoms with van der Waals surface area (Å²) in [7, 11) is 0. The van der Waals surface area contributed by atoms with E-state index in [1.807, 2.05) is 0 Å². The lowest BCUT2D eigenvalue weighted by atomic mass is 10.1. The van der Waals surface area contributed by atoms with Gasteiger partial charge in [-0.1, -0.05) is 26.0 Å². The standard InChI is InChI=1S/C15H18FNO2/c1-10(2)17-8-4-7-13(18)14-9-11-5-3-6-12(16)15(11)19-14/h3,5-6,9-10,17H,4,7-8H2,1-2H3. The number of benzene rings is 1. The third-order valence-corrected chi connectivity index (χ3v) is 2.90. The number of carbonyl (C=O) groups is 1. The molecule has 4 heteroatoms. The number of nitrogens with one attached hydrogen (secondary N) is 1. The minimum absolute atomic E-state index is 0.0823. The SMILES string of the molecule is CC(C)NCCCC(=O)c1cc2cccc(F)c2o1. The number of halogens is 1. The second kappa shape index (κ2) is 5.97. The van der Waals surface area contributed by atoms with E-state index >= 15 is 0 Å². The Morgan fingerprint density at radius 2 is 2.21 bits per heavy atom. The highest BCUT2D eigenvalue weighted by Gasteiger charge is 2.13. The van der Waals surface area contributed by atoms with Crippen LogP contribution in [0.4, 0.5) is 4.39 Å². The fourth-order valence-electron chi connectivity index (χ4n) is 1.93. The first-order valence-electron chi connectivity index (χ1n) is 6.52. The maximum Gasteiger partial charge on any atom is 0.198 e. The monoisotopic (exact) mass is 263 g/mol. The van der Waals surface area contributed by atoms with Crippen molar-refractivity contribution in [3.63, 3.8) is 0 Å². The molecule has 19 heavy (non-hydrogen) atoms. The smallest absolute Gasteiger partial charge is 0.198 e. The lowest BCUT2D eigenvalue weighted by Gasteiger charge is -2.06. The van der Waals surface area contributed by atoms with E-state index in [1.54, 1.807) is 18.2 Å². The summed E-state index contributed by atoms with van der Waals surface area (Å²) in [4.78, 5) is 11.9. The largest absolute Gasteiger partial charge is 0.450 e. The minimum atomic E-state index is -0.432. The molecule has 0 aliphatic carbocycles. The summed E-state index contributed by atoms with van der Waals surface area (Å²) in [6.07, 6.45) is 1.15. The summed E-state index contributed by atoms with van der Waals surface area (Å²) < 4.78 is 18.7. The zero-order valence-electron chi connectivity index (χ0n) is 11.2. The van der Waals surface area contributed by atoms with E-state index in [0.29, 0.717) is 17.8 Å². The van der Waals surface area contributed by atoms with E-state index in [0.717, 1.165) is 13.0 Å². The van der Waals surface area contributed by atoms with Crippen LogP contribution in [0.15, 0.2) is 28.7 Å². The molecule has 0 unspecified atom stereocenters. The number of para-hydroxylation sites is 1. The molecule has 0 saturated carbocycles. The predicted molar refractivity (Wildman–Crippen MR) is 72.9 cm³/mol. The van der Waals surface area contributed by atoms with Crippen LogP contribution in [-0.4, -0.2) is 18.4 Å². The Bertz CT molecular complexity index is 575. The second-order valence-electron chi connectivity index (χ2n) is 4.90. The van der Waals surface area contributed by atoms with E-state index in [9.17, 15) is 9.18 Å². The molecule has 3 nitrogen and oxygen atoms in total. The number of rotatable bonds is 6. The first-order valence-corrected chi connectivity index (χ1v) is 6.52. The van der Waals surface area contributed by atoms with Crippen molar-refractivity contribution in [1.29, 1.82) is 0 Å². The Hall–Kier alpha value is -1.68. The third-order valence-electron chi connectivity index (χ3n) is 2.90. The quantitative estimate of drug-likeness (QED) is 0.640. The molecule has 2 rings (SSSR count). The Morgan fingerprint density at radius 3 is 2.89 bits per heavy atom. The molecule has 0 atom stereocenters. The Morgan fingerprint density at radius 1 is 1.42 bits per heavy atom. The first kappa shape index (κ1) is 13.7. The molecule has 1 heterocycles. The molecule has 0 fully saturated rings. The summed E-state index contributed by atoms with van der Waals surface area (Å²) in [6, 6.07) is 6.69. The second-order valence-corrected chi connectivity index (χ2v) is 4.90.